The van der Waals surface area contributed by atoms with Crippen LogP contribution in [0.2, 0.25) is 5.02 Å². The number of hydrogen-bond acceptors (Lipinski definition) is 4. The lowest BCUT2D eigenvalue weighted by atomic mass is 9.98. The first-order chi connectivity index (χ1) is 14.6. The molecule has 2 aliphatic heterocycles. The van der Waals surface area contributed by atoms with Crippen molar-refractivity contribution in [2.45, 2.75) is 58.5 Å². The van der Waals surface area contributed by atoms with E-state index in [-0.39, 0.29) is 12.1 Å². The summed E-state index contributed by atoms with van der Waals surface area (Å²) >= 11 is 6.52. The predicted octanol–water partition coefficient (Wildman–Crippen LogP) is 6.53. The highest BCUT2D eigenvalue weighted by Gasteiger charge is 2.43. The number of hydrogen-bond donors (Lipinski definition) is 0. The van der Waals surface area contributed by atoms with Gasteiger partial charge in [-0.05, 0) is 57.9 Å². The van der Waals surface area contributed by atoms with Crippen molar-refractivity contribution >= 4 is 17.7 Å². The van der Waals surface area contributed by atoms with Gasteiger partial charge in [-0.25, -0.2) is 4.79 Å². The summed E-state index contributed by atoms with van der Waals surface area (Å²) < 4.78 is 18.3. The van der Waals surface area contributed by atoms with Crippen molar-refractivity contribution in [3.8, 4) is 11.5 Å². The molecule has 2 aliphatic rings. The van der Waals surface area contributed by atoms with Crippen LogP contribution in [0.3, 0.4) is 0 Å². The van der Waals surface area contributed by atoms with Crippen LogP contribution in [0.25, 0.3) is 0 Å². The second-order valence-corrected chi connectivity index (χ2v) is 9.57. The largest absolute Gasteiger partial charge is 0.444 e. The quantitative estimate of drug-likeness (QED) is 0.497. The Bertz CT molecular complexity index is 1040. The molecule has 2 heterocycles. The van der Waals surface area contributed by atoms with Gasteiger partial charge >= 0.3 is 6.09 Å². The van der Waals surface area contributed by atoms with Gasteiger partial charge < -0.3 is 14.2 Å². The minimum absolute atomic E-state index is 0.214. The Balaban J connectivity index is 1.68. The molecule has 0 saturated carbocycles. The van der Waals surface area contributed by atoms with Gasteiger partial charge in [0, 0.05) is 19.0 Å². The molecule has 2 unspecified atom stereocenters. The number of benzene rings is 2. The summed E-state index contributed by atoms with van der Waals surface area (Å²) in [4.78, 5) is 14.6. The van der Waals surface area contributed by atoms with Crippen LogP contribution >= 0.6 is 11.6 Å². The van der Waals surface area contributed by atoms with E-state index < -0.39 is 11.4 Å². The lowest BCUT2D eigenvalue weighted by Crippen LogP contribution is -2.40. The standard InChI is InChI=1S/C25H28ClNO4/c1-16-12-13-18(19(26)15-16)25(5)29-21-11-8-9-17(22(21)30-25)20-10-6-7-14-27(20)23(28)31-24(2,3)4/h6-9,11-13,15,20H,10,14H2,1-5H3. The van der Waals surface area contributed by atoms with Crippen LogP contribution in [0, 0.1) is 6.92 Å². The summed E-state index contributed by atoms with van der Waals surface area (Å²) in [7, 11) is 0. The van der Waals surface area contributed by atoms with Gasteiger partial charge in [-0.1, -0.05) is 42.0 Å². The lowest BCUT2D eigenvalue weighted by Gasteiger charge is -2.35. The first kappa shape index (κ1) is 21.6. The number of para-hydroxylation sites is 1. The van der Waals surface area contributed by atoms with Gasteiger partial charge in [-0.3, -0.25) is 4.90 Å². The predicted molar refractivity (Wildman–Crippen MR) is 121 cm³/mol. The second kappa shape index (κ2) is 7.79. The minimum atomic E-state index is -1.05. The Kier molecular flexibility index (Phi) is 5.42. The summed E-state index contributed by atoms with van der Waals surface area (Å²) in [5.74, 6) is 0.218. The zero-order valence-electron chi connectivity index (χ0n) is 18.6. The fraction of sp³-hybridized carbons (Fsp3) is 0.400. The molecule has 5 nitrogen and oxygen atoms in total. The second-order valence-electron chi connectivity index (χ2n) is 9.16. The maximum atomic E-state index is 12.9. The smallest absolute Gasteiger partial charge is 0.411 e. The normalized spacial score (nSPS) is 22.5. The Labute approximate surface area is 188 Å². The van der Waals surface area contributed by atoms with E-state index in [0.717, 1.165) is 16.7 Å². The molecule has 0 radical (unpaired) electrons. The number of nitrogens with zero attached hydrogens (tertiary/aromatic N) is 1. The van der Waals surface area contributed by atoms with Crippen molar-refractivity contribution in [1.29, 1.82) is 0 Å². The Hall–Kier alpha value is -2.66. The van der Waals surface area contributed by atoms with E-state index in [2.05, 4.69) is 6.08 Å². The molecule has 164 valence electrons. The van der Waals surface area contributed by atoms with Crippen molar-refractivity contribution in [3.63, 3.8) is 0 Å². The summed E-state index contributed by atoms with van der Waals surface area (Å²) in [6, 6.07) is 11.4. The molecular formula is C25H28ClNO4. The molecule has 31 heavy (non-hydrogen) atoms. The Morgan fingerprint density at radius 1 is 1.19 bits per heavy atom. The van der Waals surface area contributed by atoms with E-state index in [1.807, 2.05) is 77.1 Å². The molecule has 2 aromatic carbocycles. The zero-order chi connectivity index (χ0) is 22.4. The van der Waals surface area contributed by atoms with E-state index in [9.17, 15) is 4.79 Å². The molecule has 0 spiro atoms. The Morgan fingerprint density at radius 3 is 2.68 bits per heavy atom. The van der Waals surface area contributed by atoms with Gasteiger partial charge in [-0.2, -0.15) is 0 Å². The maximum Gasteiger partial charge on any atom is 0.411 e. The lowest BCUT2D eigenvalue weighted by molar-refractivity contribution is -0.0686. The number of ether oxygens (including phenoxy) is 3. The highest BCUT2D eigenvalue weighted by molar-refractivity contribution is 6.31. The number of amides is 1. The average molecular weight is 442 g/mol. The van der Waals surface area contributed by atoms with Gasteiger partial charge in [-0.15, -0.1) is 0 Å². The Morgan fingerprint density at radius 2 is 1.97 bits per heavy atom. The summed E-state index contributed by atoms with van der Waals surface area (Å²) in [5, 5.41) is 0.591. The fourth-order valence-electron chi connectivity index (χ4n) is 3.99. The van der Waals surface area contributed by atoms with E-state index in [1.54, 1.807) is 4.90 Å². The van der Waals surface area contributed by atoms with Crippen molar-refractivity contribution in [2.24, 2.45) is 0 Å². The van der Waals surface area contributed by atoms with Crippen molar-refractivity contribution in [1.82, 2.24) is 4.90 Å². The van der Waals surface area contributed by atoms with E-state index in [4.69, 9.17) is 25.8 Å². The third-order valence-corrected chi connectivity index (χ3v) is 5.73. The molecule has 2 aromatic rings. The number of rotatable bonds is 2. The average Bonchev–Trinajstić information content (AvgIpc) is 3.03. The molecule has 0 aliphatic carbocycles. The molecule has 0 bridgehead atoms. The van der Waals surface area contributed by atoms with Crippen LogP contribution < -0.4 is 9.47 Å². The van der Waals surface area contributed by atoms with Crippen molar-refractivity contribution in [2.75, 3.05) is 6.54 Å². The molecule has 2 atom stereocenters. The first-order valence-electron chi connectivity index (χ1n) is 10.5. The molecule has 1 amide bonds. The summed E-state index contributed by atoms with van der Waals surface area (Å²) in [6.07, 6.45) is 4.39. The van der Waals surface area contributed by atoms with E-state index >= 15 is 0 Å². The molecule has 6 heteroatoms. The number of halogens is 1. The third-order valence-electron chi connectivity index (χ3n) is 5.42. The zero-order valence-corrected chi connectivity index (χ0v) is 19.3. The molecule has 0 aromatic heterocycles. The van der Waals surface area contributed by atoms with Gasteiger partial charge in [0.25, 0.3) is 5.79 Å². The number of aryl methyl sites for hydroxylation is 1. The highest BCUT2D eigenvalue weighted by Crippen LogP contribution is 2.50. The molecule has 0 fully saturated rings. The van der Waals surface area contributed by atoms with Gasteiger partial charge in [0.05, 0.1) is 16.6 Å². The minimum Gasteiger partial charge on any atom is -0.444 e. The summed E-state index contributed by atoms with van der Waals surface area (Å²) in [6.45, 7) is 9.93. The molecule has 0 N–H and O–H groups in total. The van der Waals surface area contributed by atoms with Crippen molar-refractivity contribution in [3.05, 3.63) is 70.3 Å². The number of fused-ring (bicyclic) bond motifs is 1. The van der Waals surface area contributed by atoms with Crippen LogP contribution in [0.1, 0.15) is 56.8 Å². The van der Waals surface area contributed by atoms with E-state index in [1.165, 1.54) is 0 Å². The summed E-state index contributed by atoms with van der Waals surface area (Å²) in [5.41, 5.74) is 2.15. The monoisotopic (exact) mass is 441 g/mol. The van der Waals surface area contributed by atoms with Crippen LogP contribution in [0.5, 0.6) is 11.5 Å². The van der Waals surface area contributed by atoms with Gasteiger partial charge in [0.15, 0.2) is 11.5 Å². The highest BCUT2D eigenvalue weighted by atomic mass is 35.5. The molecular weight excluding hydrogens is 414 g/mol. The third kappa shape index (κ3) is 4.24. The van der Waals surface area contributed by atoms with Crippen LogP contribution in [-0.2, 0) is 10.5 Å². The topological polar surface area (TPSA) is 48.0 Å². The first-order valence-corrected chi connectivity index (χ1v) is 10.9. The van der Waals surface area contributed by atoms with Crippen LogP contribution in [-0.4, -0.2) is 23.1 Å². The van der Waals surface area contributed by atoms with Gasteiger partial charge in [0.1, 0.15) is 5.60 Å². The molecule has 0 saturated heterocycles. The number of carbonyl (C=O) groups is 1. The fourth-order valence-corrected chi connectivity index (χ4v) is 4.40. The number of carbonyl (C=O) groups excluding carboxylic acids is 1. The maximum absolute atomic E-state index is 12.9. The van der Waals surface area contributed by atoms with Crippen LogP contribution in [0.15, 0.2) is 48.6 Å². The SMILES string of the molecule is Cc1ccc(C2(C)Oc3cccc(C4CC=CCN4C(=O)OC(C)(C)C)c3O2)c(Cl)c1. The van der Waals surface area contributed by atoms with Gasteiger partial charge in [0.2, 0.25) is 0 Å². The van der Waals surface area contributed by atoms with Crippen molar-refractivity contribution < 1.29 is 19.0 Å². The van der Waals surface area contributed by atoms with E-state index in [0.29, 0.717) is 29.5 Å². The van der Waals surface area contributed by atoms with Crippen LogP contribution in [0.4, 0.5) is 4.79 Å². The molecule has 4 rings (SSSR count).